The van der Waals surface area contributed by atoms with Gasteiger partial charge >= 0.3 is 0 Å². The summed E-state index contributed by atoms with van der Waals surface area (Å²) in [6.45, 7) is 0. The van der Waals surface area contributed by atoms with Crippen molar-refractivity contribution in [1.82, 2.24) is 14.9 Å². The molecule has 0 fully saturated rings. The lowest BCUT2D eigenvalue weighted by atomic mass is 10.2. The number of aromatic hydroxyl groups is 1. The molecule has 1 aromatic heterocycles. The molecule has 0 saturated carbocycles. The number of hydrogen-bond acceptors (Lipinski definition) is 4. The van der Waals surface area contributed by atoms with Crippen LogP contribution in [0.4, 0.5) is 0 Å². The van der Waals surface area contributed by atoms with E-state index in [2.05, 4.69) is 15.3 Å². The van der Waals surface area contributed by atoms with E-state index in [4.69, 9.17) is 23.8 Å². The van der Waals surface area contributed by atoms with Crippen LogP contribution in [0.25, 0.3) is 11.4 Å². The van der Waals surface area contributed by atoms with Crippen LogP contribution in [-0.2, 0) is 0 Å². The molecular formula is C15H11ClN4OS. The zero-order valence-electron chi connectivity index (χ0n) is 11.3. The van der Waals surface area contributed by atoms with Crippen molar-refractivity contribution in [3.05, 3.63) is 63.9 Å². The maximum atomic E-state index is 9.36. The predicted octanol–water partition coefficient (Wildman–Crippen LogP) is 3.85. The smallest absolute Gasteiger partial charge is 0.216 e. The van der Waals surface area contributed by atoms with Crippen LogP contribution in [0.3, 0.4) is 0 Å². The van der Waals surface area contributed by atoms with Gasteiger partial charge in [0.15, 0.2) is 5.82 Å². The fraction of sp³-hybridized carbons (Fsp3) is 0. The van der Waals surface area contributed by atoms with E-state index in [0.717, 1.165) is 11.1 Å². The van der Waals surface area contributed by atoms with Crippen molar-refractivity contribution >= 4 is 30.0 Å². The molecule has 3 aromatic rings. The summed E-state index contributed by atoms with van der Waals surface area (Å²) in [6.07, 6.45) is 1.67. The second kappa shape index (κ2) is 6.13. The Morgan fingerprint density at radius 3 is 2.50 bits per heavy atom. The number of aromatic amines is 1. The SMILES string of the molecule is Oc1ccc(-c2n[nH]c(=S)n2/N=C/c2ccc(Cl)cc2)cc1. The largest absolute Gasteiger partial charge is 0.508 e. The van der Waals surface area contributed by atoms with Gasteiger partial charge in [-0.25, -0.2) is 5.10 Å². The van der Waals surface area contributed by atoms with E-state index >= 15 is 0 Å². The van der Waals surface area contributed by atoms with Gasteiger partial charge in [0.1, 0.15) is 5.75 Å². The molecule has 0 unspecified atom stereocenters. The summed E-state index contributed by atoms with van der Waals surface area (Å²) in [5.41, 5.74) is 1.68. The molecule has 0 spiro atoms. The van der Waals surface area contributed by atoms with Gasteiger partial charge in [0.25, 0.3) is 0 Å². The monoisotopic (exact) mass is 330 g/mol. The van der Waals surface area contributed by atoms with Crippen molar-refractivity contribution in [3.63, 3.8) is 0 Å². The van der Waals surface area contributed by atoms with E-state index in [-0.39, 0.29) is 5.75 Å². The van der Waals surface area contributed by atoms with Crippen molar-refractivity contribution in [1.29, 1.82) is 0 Å². The molecule has 110 valence electrons. The Morgan fingerprint density at radius 2 is 1.82 bits per heavy atom. The van der Waals surface area contributed by atoms with E-state index in [1.807, 2.05) is 12.1 Å². The molecule has 0 aliphatic carbocycles. The summed E-state index contributed by atoms with van der Waals surface area (Å²) < 4.78 is 1.91. The van der Waals surface area contributed by atoms with Gasteiger partial charge in [0.05, 0.1) is 6.21 Å². The van der Waals surface area contributed by atoms with Crippen LogP contribution in [0.1, 0.15) is 5.56 Å². The molecule has 0 amide bonds. The number of nitrogens with zero attached hydrogens (tertiary/aromatic N) is 3. The molecule has 1 heterocycles. The molecule has 3 rings (SSSR count). The first-order chi connectivity index (χ1) is 10.6. The second-order valence-electron chi connectivity index (χ2n) is 4.51. The lowest BCUT2D eigenvalue weighted by Crippen LogP contribution is -1.94. The Kier molecular flexibility index (Phi) is 4.04. The first kappa shape index (κ1) is 14.5. The molecular weight excluding hydrogens is 320 g/mol. The maximum Gasteiger partial charge on any atom is 0.216 e. The van der Waals surface area contributed by atoms with E-state index in [0.29, 0.717) is 15.6 Å². The topological polar surface area (TPSA) is 66.2 Å². The highest BCUT2D eigenvalue weighted by molar-refractivity contribution is 7.71. The van der Waals surface area contributed by atoms with Crippen molar-refractivity contribution in [2.45, 2.75) is 0 Å². The Bertz CT molecular complexity index is 866. The van der Waals surface area contributed by atoms with Crippen molar-refractivity contribution in [3.8, 4) is 17.1 Å². The molecule has 0 bridgehead atoms. The van der Waals surface area contributed by atoms with Gasteiger partial charge < -0.3 is 5.11 Å². The predicted molar refractivity (Wildman–Crippen MR) is 89.0 cm³/mol. The Morgan fingerprint density at radius 1 is 1.14 bits per heavy atom. The number of halogens is 1. The molecule has 0 aliphatic rings. The third-order valence-electron chi connectivity index (χ3n) is 2.97. The molecule has 0 saturated heterocycles. The quantitative estimate of drug-likeness (QED) is 0.566. The molecule has 0 aliphatic heterocycles. The van der Waals surface area contributed by atoms with Crippen LogP contribution in [-0.4, -0.2) is 26.2 Å². The molecule has 7 heteroatoms. The standard InChI is InChI=1S/C15H11ClN4OS/c16-12-5-1-10(2-6-12)9-17-20-14(18-19-15(20)22)11-3-7-13(21)8-4-11/h1-9,21H,(H,19,22)/b17-9+. The minimum absolute atomic E-state index is 0.189. The number of phenols is 1. The minimum Gasteiger partial charge on any atom is -0.508 e. The van der Waals surface area contributed by atoms with Crippen molar-refractivity contribution < 1.29 is 5.11 Å². The molecule has 0 atom stereocenters. The van der Waals surface area contributed by atoms with E-state index in [9.17, 15) is 5.11 Å². The first-order valence-electron chi connectivity index (χ1n) is 6.40. The number of benzene rings is 2. The highest BCUT2D eigenvalue weighted by Crippen LogP contribution is 2.20. The first-order valence-corrected chi connectivity index (χ1v) is 7.19. The van der Waals surface area contributed by atoms with Crippen LogP contribution in [0.2, 0.25) is 5.02 Å². The summed E-state index contributed by atoms with van der Waals surface area (Å²) in [6, 6.07) is 14.0. The van der Waals surface area contributed by atoms with E-state index < -0.39 is 0 Å². The van der Waals surface area contributed by atoms with Gasteiger partial charge in [0.2, 0.25) is 4.77 Å². The Labute approximate surface area is 136 Å². The number of aromatic nitrogens is 3. The Hall–Kier alpha value is -2.44. The van der Waals surface area contributed by atoms with Gasteiger partial charge in [-0.15, -0.1) is 0 Å². The average molecular weight is 331 g/mol. The van der Waals surface area contributed by atoms with Crippen molar-refractivity contribution in [2.24, 2.45) is 5.10 Å². The summed E-state index contributed by atoms with van der Waals surface area (Å²) >= 11 is 11.0. The average Bonchev–Trinajstić information content (AvgIpc) is 2.89. The Balaban J connectivity index is 1.97. The molecule has 2 N–H and O–H groups in total. The lowest BCUT2D eigenvalue weighted by molar-refractivity contribution is 0.475. The van der Waals surface area contributed by atoms with Crippen LogP contribution in [0.5, 0.6) is 5.75 Å². The van der Waals surface area contributed by atoms with Crippen LogP contribution in [0, 0.1) is 4.77 Å². The zero-order valence-corrected chi connectivity index (χ0v) is 12.8. The van der Waals surface area contributed by atoms with Crippen molar-refractivity contribution in [2.75, 3.05) is 0 Å². The second-order valence-corrected chi connectivity index (χ2v) is 5.33. The minimum atomic E-state index is 0.189. The van der Waals surface area contributed by atoms with E-state index in [1.54, 1.807) is 42.6 Å². The van der Waals surface area contributed by atoms with E-state index in [1.165, 1.54) is 4.68 Å². The van der Waals surface area contributed by atoms with Gasteiger partial charge in [-0.05, 0) is 54.2 Å². The number of phenolic OH excluding ortho intramolecular Hbond substituents is 1. The fourth-order valence-electron chi connectivity index (χ4n) is 1.87. The number of rotatable bonds is 3. The maximum absolute atomic E-state index is 9.36. The normalized spacial score (nSPS) is 11.1. The highest BCUT2D eigenvalue weighted by atomic mass is 35.5. The number of nitrogens with one attached hydrogen (secondary N) is 1. The third kappa shape index (κ3) is 3.08. The van der Waals surface area contributed by atoms with Crippen LogP contribution in [0.15, 0.2) is 53.6 Å². The highest BCUT2D eigenvalue weighted by Gasteiger charge is 2.07. The summed E-state index contributed by atoms with van der Waals surface area (Å²) in [7, 11) is 0. The molecule has 5 nitrogen and oxygen atoms in total. The third-order valence-corrected chi connectivity index (χ3v) is 3.48. The molecule has 22 heavy (non-hydrogen) atoms. The number of hydrogen-bond donors (Lipinski definition) is 2. The molecule has 2 aromatic carbocycles. The van der Waals surface area contributed by atoms with Gasteiger partial charge in [0, 0.05) is 10.6 Å². The summed E-state index contributed by atoms with van der Waals surface area (Å²) in [5.74, 6) is 0.754. The summed E-state index contributed by atoms with van der Waals surface area (Å²) in [4.78, 5) is 0. The number of H-pyrrole nitrogens is 1. The van der Waals surface area contributed by atoms with Gasteiger partial charge in [-0.3, -0.25) is 0 Å². The summed E-state index contributed by atoms with van der Waals surface area (Å²) in [5, 5.41) is 21.3. The van der Waals surface area contributed by atoms with Gasteiger partial charge in [-0.2, -0.15) is 14.9 Å². The van der Waals surface area contributed by atoms with Crippen LogP contribution >= 0.6 is 23.8 Å². The molecule has 0 radical (unpaired) electrons. The zero-order chi connectivity index (χ0) is 15.5. The van der Waals surface area contributed by atoms with Gasteiger partial charge in [-0.1, -0.05) is 23.7 Å². The lowest BCUT2D eigenvalue weighted by Gasteiger charge is -2.01. The fourth-order valence-corrected chi connectivity index (χ4v) is 2.17. The van der Waals surface area contributed by atoms with Crippen LogP contribution < -0.4 is 0 Å².